The molecule has 0 saturated heterocycles. The third-order valence-corrected chi connectivity index (χ3v) is 1.96. The average Bonchev–Trinajstić information content (AvgIpc) is 2.13. The fraction of sp³-hybridized carbons (Fsp3) is 0.900. The molecule has 1 N–H and O–H groups in total. The molecule has 0 heterocycles. The fourth-order valence-electron chi connectivity index (χ4n) is 1.18. The maximum atomic E-state index is 10.5. The summed E-state index contributed by atoms with van der Waals surface area (Å²) in [6.07, 6.45) is 2.25. The smallest absolute Gasteiger partial charge is 0.302 e. The van der Waals surface area contributed by atoms with Gasteiger partial charge in [0.15, 0.2) is 0 Å². The summed E-state index contributed by atoms with van der Waals surface area (Å²) in [5.74, 6) is -0.246. The quantitative estimate of drug-likeness (QED) is 0.588. The standard InChI is InChI=1S/C10H21NO3/c1-3-4-5-11(6-8-12)7-9-14-10(2)13/h12H,3-9H2,1-2H3. The number of carbonyl (C=O) groups excluding carboxylic acids is 1. The first kappa shape index (κ1) is 13.4. The maximum absolute atomic E-state index is 10.5. The Bertz CT molecular complexity index is 150. The molecule has 4 heteroatoms. The Hall–Kier alpha value is -0.610. The molecule has 0 rings (SSSR count). The number of hydrogen-bond acceptors (Lipinski definition) is 4. The van der Waals surface area contributed by atoms with E-state index in [2.05, 4.69) is 11.8 Å². The van der Waals surface area contributed by atoms with Gasteiger partial charge in [-0.2, -0.15) is 0 Å². The van der Waals surface area contributed by atoms with Crippen molar-refractivity contribution in [2.75, 3.05) is 32.8 Å². The van der Waals surface area contributed by atoms with Crippen LogP contribution in [-0.2, 0) is 9.53 Å². The molecule has 0 amide bonds. The van der Waals surface area contributed by atoms with Crippen molar-refractivity contribution in [1.82, 2.24) is 4.90 Å². The van der Waals surface area contributed by atoms with Crippen molar-refractivity contribution < 1.29 is 14.6 Å². The molecule has 0 aliphatic carbocycles. The highest BCUT2D eigenvalue weighted by atomic mass is 16.5. The van der Waals surface area contributed by atoms with Gasteiger partial charge in [-0.3, -0.25) is 9.69 Å². The van der Waals surface area contributed by atoms with Crippen LogP contribution >= 0.6 is 0 Å². The predicted molar refractivity (Wildman–Crippen MR) is 55.1 cm³/mol. The van der Waals surface area contributed by atoms with Crippen LogP contribution in [0.5, 0.6) is 0 Å². The van der Waals surface area contributed by atoms with Crippen LogP contribution in [0.2, 0.25) is 0 Å². The van der Waals surface area contributed by atoms with Crippen LogP contribution in [0.4, 0.5) is 0 Å². The lowest BCUT2D eigenvalue weighted by molar-refractivity contribution is -0.141. The largest absolute Gasteiger partial charge is 0.465 e. The van der Waals surface area contributed by atoms with Gasteiger partial charge in [0.1, 0.15) is 6.61 Å². The first-order valence-corrected chi connectivity index (χ1v) is 5.17. The van der Waals surface area contributed by atoms with E-state index in [0.29, 0.717) is 19.7 Å². The summed E-state index contributed by atoms with van der Waals surface area (Å²) in [6.45, 7) is 6.42. The molecule has 0 aromatic rings. The van der Waals surface area contributed by atoms with Gasteiger partial charge in [0, 0.05) is 20.0 Å². The van der Waals surface area contributed by atoms with Crippen molar-refractivity contribution in [2.24, 2.45) is 0 Å². The highest BCUT2D eigenvalue weighted by Crippen LogP contribution is 1.94. The Kier molecular flexibility index (Phi) is 8.57. The van der Waals surface area contributed by atoms with Gasteiger partial charge in [0.25, 0.3) is 0 Å². The van der Waals surface area contributed by atoms with Crippen molar-refractivity contribution in [3.63, 3.8) is 0 Å². The minimum atomic E-state index is -0.246. The summed E-state index contributed by atoms with van der Waals surface area (Å²) in [6, 6.07) is 0. The monoisotopic (exact) mass is 203 g/mol. The second kappa shape index (κ2) is 8.97. The molecular formula is C10H21NO3. The van der Waals surface area contributed by atoms with Crippen LogP contribution in [0.25, 0.3) is 0 Å². The summed E-state index contributed by atoms with van der Waals surface area (Å²) >= 11 is 0. The van der Waals surface area contributed by atoms with Gasteiger partial charge in [-0.25, -0.2) is 0 Å². The molecule has 4 nitrogen and oxygen atoms in total. The van der Waals surface area contributed by atoms with Gasteiger partial charge in [-0.15, -0.1) is 0 Å². The van der Waals surface area contributed by atoms with E-state index in [-0.39, 0.29) is 12.6 Å². The fourth-order valence-corrected chi connectivity index (χ4v) is 1.18. The zero-order valence-electron chi connectivity index (χ0n) is 9.16. The highest BCUT2D eigenvalue weighted by Gasteiger charge is 2.03. The second-order valence-corrected chi connectivity index (χ2v) is 3.26. The minimum Gasteiger partial charge on any atom is -0.465 e. The van der Waals surface area contributed by atoms with Gasteiger partial charge in [0.2, 0.25) is 0 Å². The first-order chi connectivity index (χ1) is 6.70. The topological polar surface area (TPSA) is 49.8 Å². The van der Waals surface area contributed by atoms with Crippen LogP contribution in [0.1, 0.15) is 26.7 Å². The summed E-state index contributed by atoms with van der Waals surface area (Å²) in [4.78, 5) is 12.6. The van der Waals surface area contributed by atoms with Crippen molar-refractivity contribution in [2.45, 2.75) is 26.7 Å². The molecule has 0 aromatic heterocycles. The van der Waals surface area contributed by atoms with E-state index in [4.69, 9.17) is 9.84 Å². The molecule has 0 radical (unpaired) electrons. The molecular weight excluding hydrogens is 182 g/mol. The van der Waals surface area contributed by atoms with E-state index in [1.165, 1.54) is 6.92 Å². The van der Waals surface area contributed by atoms with Crippen molar-refractivity contribution in [3.8, 4) is 0 Å². The summed E-state index contributed by atoms with van der Waals surface area (Å²) in [5.41, 5.74) is 0. The molecule has 0 aliphatic heterocycles. The predicted octanol–water partition coefficient (Wildman–Crippen LogP) is 0.644. The number of rotatable bonds is 8. The van der Waals surface area contributed by atoms with Crippen LogP contribution in [0.15, 0.2) is 0 Å². The van der Waals surface area contributed by atoms with Gasteiger partial charge < -0.3 is 9.84 Å². The average molecular weight is 203 g/mol. The van der Waals surface area contributed by atoms with E-state index in [1.54, 1.807) is 0 Å². The second-order valence-electron chi connectivity index (χ2n) is 3.26. The summed E-state index contributed by atoms with van der Waals surface area (Å²) < 4.78 is 4.84. The Morgan fingerprint density at radius 2 is 2.07 bits per heavy atom. The number of carbonyl (C=O) groups is 1. The third-order valence-electron chi connectivity index (χ3n) is 1.96. The van der Waals surface area contributed by atoms with E-state index in [0.717, 1.165) is 19.4 Å². The Morgan fingerprint density at radius 1 is 1.36 bits per heavy atom. The molecule has 0 fully saturated rings. The summed E-state index contributed by atoms with van der Waals surface area (Å²) in [7, 11) is 0. The number of nitrogens with zero attached hydrogens (tertiary/aromatic N) is 1. The zero-order chi connectivity index (χ0) is 10.8. The molecule has 0 atom stereocenters. The number of unbranched alkanes of at least 4 members (excludes halogenated alkanes) is 1. The molecule has 0 unspecified atom stereocenters. The van der Waals surface area contributed by atoms with E-state index in [9.17, 15) is 4.79 Å². The lowest BCUT2D eigenvalue weighted by Crippen LogP contribution is -2.31. The SMILES string of the molecule is CCCCN(CCO)CCOC(C)=O. The van der Waals surface area contributed by atoms with Crippen LogP contribution in [0.3, 0.4) is 0 Å². The first-order valence-electron chi connectivity index (χ1n) is 5.17. The van der Waals surface area contributed by atoms with E-state index in [1.807, 2.05) is 0 Å². The number of aliphatic hydroxyl groups is 1. The number of ether oxygens (including phenoxy) is 1. The Labute approximate surface area is 85.9 Å². The van der Waals surface area contributed by atoms with Gasteiger partial charge in [0.05, 0.1) is 6.61 Å². The maximum Gasteiger partial charge on any atom is 0.302 e. The molecule has 0 saturated carbocycles. The molecule has 0 bridgehead atoms. The van der Waals surface area contributed by atoms with Gasteiger partial charge >= 0.3 is 5.97 Å². The Balaban J connectivity index is 3.55. The molecule has 0 aromatic carbocycles. The van der Waals surface area contributed by atoms with Crippen LogP contribution in [-0.4, -0.2) is 48.8 Å². The Morgan fingerprint density at radius 3 is 2.57 bits per heavy atom. The third kappa shape index (κ3) is 8.01. The molecule has 0 aliphatic rings. The minimum absolute atomic E-state index is 0.157. The van der Waals surface area contributed by atoms with Crippen molar-refractivity contribution in [3.05, 3.63) is 0 Å². The van der Waals surface area contributed by atoms with Crippen molar-refractivity contribution >= 4 is 5.97 Å². The van der Waals surface area contributed by atoms with Crippen LogP contribution in [0, 0.1) is 0 Å². The summed E-state index contributed by atoms with van der Waals surface area (Å²) in [5, 5.41) is 8.80. The molecule has 0 spiro atoms. The molecule has 84 valence electrons. The number of hydrogen-bond donors (Lipinski definition) is 1. The number of aliphatic hydroxyl groups excluding tert-OH is 1. The van der Waals surface area contributed by atoms with Gasteiger partial charge in [-0.1, -0.05) is 13.3 Å². The lowest BCUT2D eigenvalue weighted by atomic mass is 10.3. The highest BCUT2D eigenvalue weighted by molar-refractivity contribution is 5.65. The lowest BCUT2D eigenvalue weighted by Gasteiger charge is -2.20. The van der Waals surface area contributed by atoms with E-state index >= 15 is 0 Å². The van der Waals surface area contributed by atoms with E-state index < -0.39 is 0 Å². The normalized spacial score (nSPS) is 10.6. The van der Waals surface area contributed by atoms with Crippen LogP contribution < -0.4 is 0 Å². The van der Waals surface area contributed by atoms with Gasteiger partial charge in [-0.05, 0) is 13.0 Å². The van der Waals surface area contributed by atoms with Crippen molar-refractivity contribution in [1.29, 1.82) is 0 Å². The zero-order valence-corrected chi connectivity index (χ0v) is 9.16. The number of esters is 1. The molecule has 14 heavy (non-hydrogen) atoms.